The smallest absolute Gasteiger partial charge is 0.382 e. The topological polar surface area (TPSA) is 18.5 Å². The van der Waals surface area contributed by atoms with Crippen LogP contribution >= 0.6 is 0 Å². The Labute approximate surface area is 126 Å². The minimum atomic E-state index is -4.18. The lowest BCUT2D eigenvalue weighted by Gasteiger charge is -2.37. The van der Waals surface area contributed by atoms with E-state index < -0.39 is 12.7 Å². The van der Waals surface area contributed by atoms with Gasteiger partial charge in [-0.05, 0) is 25.5 Å². The van der Waals surface area contributed by atoms with E-state index in [1.54, 1.807) is 6.07 Å². The summed E-state index contributed by atoms with van der Waals surface area (Å²) < 4.78 is 51.5. The Morgan fingerprint density at radius 1 is 1.18 bits per heavy atom. The van der Waals surface area contributed by atoms with Crippen LogP contribution < -0.4 is 10.2 Å². The van der Waals surface area contributed by atoms with E-state index in [-0.39, 0.29) is 11.9 Å². The van der Waals surface area contributed by atoms with E-state index in [0.717, 1.165) is 17.7 Å². The summed E-state index contributed by atoms with van der Waals surface area (Å²) in [5.41, 5.74) is 2.43. The standard InChI is InChI=1S/C15H19F4N3/c1-10-8-11-13(20-10)3-2-12(16)14(11)22-6-4-21(5-7-22)9-15(17,18)19/h2-3,10,20H,4-9H2,1H3. The zero-order valence-electron chi connectivity index (χ0n) is 12.4. The number of alkyl halides is 3. The van der Waals surface area contributed by atoms with Gasteiger partial charge in [-0.15, -0.1) is 0 Å². The van der Waals surface area contributed by atoms with Crippen LogP contribution in [0.25, 0.3) is 0 Å². The predicted octanol–water partition coefficient (Wildman–Crippen LogP) is 2.87. The van der Waals surface area contributed by atoms with Crippen LogP contribution in [0.4, 0.5) is 28.9 Å². The molecule has 0 saturated carbocycles. The van der Waals surface area contributed by atoms with Crippen molar-refractivity contribution in [3.8, 4) is 0 Å². The lowest BCUT2D eigenvalue weighted by Crippen LogP contribution is -2.49. The molecule has 1 aromatic carbocycles. The molecule has 0 spiro atoms. The fraction of sp³-hybridized carbons (Fsp3) is 0.600. The molecule has 0 aromatic heterocycles. The van der Waals surface area contributed by atoms with Gasteiger partial charge in [0.1, 0.15) is 5.82 Å². The molecule has 1 saturated heterocycles. The Balaban J connectivity index is 1.74. The Kier molecular flexibility index (Phi) is 3.92. The number of hydrogen-bond acceptors (Lipinski definition) is 3. The highest BCUT2D eigenvalue weighted by molar-refractivity contribution is 5.71. The summed E-state index contributed by atoms with van der Waals surface area (Å²) in [6.07, 6.45) is -3.44. The number of nitrogens with zero attached hydrogens (tertiary/aromatic N) is 2. The Morgan fingerprint density at radius 2 is 1.86 bits per heavy atom. The maximum Gasteiger partial charge on any atom is 0.401 e. The maximum absolute atomic E-state index is 14.3. The molecule has 0 amide bonds. The van der Waals surface area contributed by atoms with Gasteiger partial charge in [0.2, 0.25) is 0 Å². The molecular weight excluding hydrogens is 298 g/mol. The predicted molar refractivity (Wildman–Crippen MR) is 77.9 cm³/mol. The third kappa shape index (κ3) is 3.14. The molecule has 7 heteroatoms. The first-order valence-corrected chi connectivity index (χ1v) is 7.45. The number of benzene rings is 1. The van der Waals surface area contributed by atoms with Gasteiger partial charge in [0.15, 0.2) is 0 Å². The van der Waals surface area contributed by atoms with E-state index >= 15 is 0 Å². The highest BCUT2D eigenvalue weighted by Gasteiger charge is 2.33. The van der Waals surface area contributed by atoms with Crippen LogP contribution in [-0.2, 0) is 6.42 Å². The summed E-state index contributed by atoms with van der Waals surface area (Å²) in [6, 6.07) is 3.42. The Morgan fingerprint density at radius 3 is 2.50 bits per heavy atom. The van der Waals surface area contributed by atoms with Gasteiger partial charge in [0.05, 0.1) is 12.2 Å². The minimum absolute atomic E-state index is 0.252. The zero-order chi connectivity index (χ0) is 15.9. The van der Waals surface area contributed by atoms with Crippen molar-refractivity contribution in [2.45, 2.75) is 25.6 Å². The molecule has 0 aliphatic carbocycles. The van der Waals surface area contributed by atoms with E-state index in [1.807, 2.05) is 11.8 Å². The normalized spacial score (nSPS) is 22.6. The second kappa shape index (κ2) is 5.61. The number of fused-ring (bicyclic) bond motifs is 1. The van der Waals surface area contributed by atoms with Crippen LogP contribution in [0.1, 0.15) is 12.5 Å². The molecule has 1 atom stereocenters. The van der Waals surface area contributed by atoms with Gasteiger partial charge >= 0.3 is 6.18 Å². The molecule has 22 heavy (non-hydrogen) atoms. The first kappa shape index (κ1) is 15.4. The molecule has 0 radical (unpaired) electrons. The van der Waals surface area contributed by atoms with Gasteiger partial charge < -0.3 is 10.2 Å². The fourth-order valence-electron chi connectivity index (χ4n) is 3.30. The number of piperazine rings is 1. The molecule has 2 aliphatic rings. The fourth-order valence-corrected chi connectivity index (χ4v) is 3.30. The van der Waals surface area contributed by atoms with Crippen LogP contribution in [-0.4, -0.2) is 49.8 Å². The monoisotopic (exact) mass is 317 g/mol. The van der Waals surface area contributed by atoms with E-state index in [1.165, 1.54) is 11.0 Å². The van der Waals surface area contributed by atoms with Crippen molar-refractivity contribution < 1.29 is 17.6 Å². The molecular formula is C15H19F4N3. The highest BCUT2D eigenvalue weighted by atomic mass is 19.4. The van der Waals surface area contributed by atoms with Gasteiger partial charge in [-0.3, -0.25) is 4.90 Å². The number of halogens is 4. The third-order valence-electron chi connectivity index (χ3n) is 4.24. The molecule has 3 rings (SSSR count). The van der Waals surface area contributed by atoms with Gasteiger partial charge in [0, 0.05) is 43.5 Å². The van der Waals surface area contributed by atoms with Crippen molar-refractivity contribution >= 4 is 11.4 Å². The van der Waals surface area contributed by atoms with Crippen LogP contribution in [0.5, 0.6) is 0 Å². The van der Waals surface area contributed by atoms with E-state index in [0.29, 0.717) is 31.9 Å². The molecule has 1 N–H and O–H groups in total. The molecule has 2 aliphatic heterocycles. The summed E-state index contributed by atoms with van der Waals surface area (Å²) in [5.74, 6) is -0.293. The van der Waals surface area contributed by atoms with Crippen LogP contribution in [0, 0.1) is 5.82 Å². The van der Waals surface area contributed by atoms with Crippen molar-refractivity contribution in [1.82, 2.24) is 4.90 Å². The lowest BCUT2D eigenvalue weighted by molar-refractivity contribution is -0.146. The first-order chi connectivity index (χ1) is 10.3. The number of rotatable bonds is 2. The summed E-state index contributed by atoms with van der Waals surface area (Å²) in [4.78, 5) is 3.25. The molecule has 1 unspecified atom stereocenters. The second-order valence-corrected chi connectivity index (χ2v) is 6.05. The van der Waals surface area contributed by atoms with Gasteiger partial charge in [-0.1, -0.05) is 0 Å². The maximum atomic E-state index is 14.3. The van der Waals surface area contributed by atoms with Crippen molar-refractivity contribution in [1.29, 1.82) is 0 Å². The largest absolute Gasteiger partial charge is 0.401 e. The molecule has 1 fully saturated rings. The Bertz CT molecular complexity index is 550. The lowest BCUT2D eigenvalue weighted by atomic mass is 10.1. The average molecular weight is 317 g/mol. The second-order valence-electron chi connectivity index (χ2n) is 6.05. The van der Waals surface area contributed by atoms with Crippen LogP contribution in [0.2, 0.25) is 0 Å². The quantitative estimate of drug-likeness (QED) is 0.846. The summed E-state index contributed by atoms with van der Waals surface area (Å²) in [5, 5.41) is 3.29. The molecule has 1 aromatic rings. The highest BCUT2D eigenvalue weighted by Crippen LogP contribution is 2.36. The zero-order valence-corrected chi connectivity index (χ0v) is 12.4. The summed E-state index contributed by atoms with van der Waals surface area (Å²) in [7, 11) is 0. The minimum Gasteiger partial charge on any atom is -0.382 e. The average Bonchev–Trinajstić information content (AvgIpc) is 2.79. The van der Waals surface area contributed by atoms with E-state index in [2.05, 4.69) is 5.32 Å². The summed E-state index contributed by atoms with van der Waals surface area (Å²) >= 11 is 0. The van der Waals surface area contributed by atoms with Crippen molar-refractivity contribution in [2.24, 2.45) is 0 Å². The van der Waals surface area contributed by atoms with Crippen LogP contribution in [0.3, 0.4) is 0 Å². The van der Waals surface area contributed by atoms with Crippen molar-refractivity contribution in [3.05, 3.63) is 23.5 Å². The molecule has 0 bridgehead atoms. The van der Waals surface area contributed by atoms with Gasteiger partial charge in [-0.25, -0.2) is 4.39 Å². The van der Waals surface area contributed by atoms with Gasteiger partial charge in [0.25, 0.3) is 0 Å². The molecule has 122 valence electrons. The van der Waals surface area contributed by atoms with Crippen LogP contribution in [0.15, 0.2) is 12.1 Å². The van der Waals surface area contributed by atoms with E-state index in [4.69, 9.17) is 0 Å². The number of anilines is 2. The van der Waals surface area contributed by atoms with Gasteiger partial charge in [-0.2, -0.15) is 13.2 Å². The number of hydrogen-bond donors (Lipinski definition) is 1. The Hall–Kier alpha value is -1.50. The molecule has 2 heterocycles. The van der Waals surface area contributed by atoms with Crippen molar-refractivity contribution in [2.75, 3.05) is 42.9 Å². The number of nitrogens with one attached hydrogen (secondary N) is 1. The first-order valence-electron chi connectivity index (χ1n) is 7.45. The summed E-state index contributed by atoms with van der Waals surface area (Å²) in [6.45, 7) is 2.56. The third-order valence-corrected chi connectivity index (χ3v) is 4.24. The molecule has 3 nitrogen and oxygen atoms in total. The van der Waals surface area contributed by atoms with Crippen molar-refractivity contribution in [3.63, 3.8) is 0 Å². The van der Waals surface area contributed by atoms with E-state index in [9.17, 15) is 17.6 Å². The SMILES string of the molecule is CC1Cc2c(ccc(F)c2N2CCN(CC(F)(F)F)CC2)N1.